The number of aliphatic carboxylic acids is 1. The number of carbonyl (C=O) groups is 3. The molecule has 0 radical (unpaired) electrons. The second kappa shape index (κ2) is 11.8. The van der Waals surface area contributed by atoms with Crippen LogP contribution in [-0.4, -0.2) is 71.5 Å². The van der Waals surface area contributed by atoms with Gasteiger partial charge in [-0.3, -0.25) is 4.79 Å². The molecule has 3 N–H and O–H groups in total. The summed E-state index contributed by atoms with van der Waals surface area (Å²) in [5, 5.41) is 14.5. The first-order chi connectivity index (χ1) is 15.1. The number of benzene rings is 1. The van der Waals surface area contributed by atoms with Crippen LogP contribution in [0.15, 0.2) is 24.3 Å². The smallest absolute Gasteiger partial charge is 0.416 e. The number of nitrogens with one attached hydrogen (secondary N) is 2. The van der Waals surface area contributed by atoms with E-state index in [1.54, 1.807) is 0 Å². The normalized spacial score (nSPS) is 15.1. The van der Waals surface area contributed by atoms with Crippen molar-refractivity contribution < 1.29 is 32.7 Å². The lowest BCUT2D eigenvalue weighted by atomic mass is 10.00. The number of carboxylic acid groups (broad SMARTS) is 1. The fourth-order valence-corrected chi connectivity index (χ4v) is 3.54. The van der Waals surface area contributed by atoms with Gasteiger partial charge >= 0.3 is 24.2 Å². The van der Waals surface area contributed by atoms with Crippen LogP contribution in [0, 0.1) is 0 Å². The Bertz CT molecular complexity index is 809. The standard InChI is InChI=1S/C20H26ClF3N4O4/c21-6-8-26-18(31)25-7-1-2-9-27-10-11-28(19(27)32)16(13-17(29)30)14-4-3-5-15(12-14)20(22,23)24/h3-5,12,16H,1-2,6-11,13H2,(H,29,30)(H2,25,26,31). The summed E-state index contributed by atoms with van der Waals surface area (Å²) in [4.78, 5) is 38.4. The molecule has 1 atom stereocenters. The van der Waals surface area contributed by atoms with Crippen LogP contribution >= 0.6 is 11.6 Å². The molecule has 1 aromatic carbocycles. The molecule has 1 aliphatic heterocycles. The van der Waals surface area contributed by atoms with E-state index < -0.39 is 36.2 Å². The predicted molar refractivity (Wildman–Crippen MR) is 111 cm³/mol. The van der Waals surface area contributed by atoms with Gasteiger partial charge in [-0.15, -0.1) is 11.6 Å². The molecule has 0 spiro atoms. The van der Waals surface area contributed by atoms with Crippen LogP contribution in [0.3, 0.4) is 0 Å². The van der Waals surface area contributed by atoms with Crippen molar-refractivity contribution in [1.82, 2.24) is 20.4 Å². The summed E-state index contributed by atoms with van der Waals surface area (Å²) in [5.41, 5.74) is -0.763. The van der Waals surface area contributed by atoms with Crippen LogP contribution in [0.1, 0.15) is 36.4 Å². The van der Waals surface area contributed by atoms with Gasteiger partial charge in [0.2, 0.25) is 0 Å². The second-order valence-corrected chi connectivity index (χ2v) is 7.66. The summed E-state index contributed by atoms with van der Waals surface area (Å²) in [5.74, 6) is -0.901. The monoisotopic (exact) mass is 478 g/mol. The van der Waals surface area contributed by atoms with Crippen LogP contribution in [0.4, 0.5) is 22.8 Å². The van der Waals surface area contributed by atoms with E-state index >= 15 is 0 Å². The van der Waals surface area contributed by atoms with Crippen molar-refractivity contribution in [3.63, 3.8) is 0 Å². The maximum Gasteiger partial charge on any atom is 0.416 e. The van der Waals surface area contributed by atoms with Crippen molar-refractivity contribution in [1.29, 1.82) is 0 Å². The van der Waals surface area contributed by atoms with Gasteiger partial charge in [0, 0.05) is 38.6 Å². The Hall–Kier alpha value is -2.69. The molecule has 32 heavy (non-hydrogen) atoms. The molecule has 0 aromatic heterocycles. The van der Waals surface area contributed by atoms with Gasteiger partial charge in [-0.2, -0.15) is 13.2 Å². The molecule has 0 saturated carbocycles. The van der Waals surface area contributed by atoms with Crippen molar-refractivity contribution >= 4 is 29.6 Å². The largest absolute Gasteiger partial charge is 0.481 e. The van der Waals surface area contributed by atoms with Gasteiger partial charge in [-0.05, 0) is 30.5 Å². The van der Waals surface area contributed by atoms with E-state index in [1.165, 1.54) is 21.9 Å². The number of halogens is 4. The molecule has 1 saturated heterocycles. The van der Waals surface area contributed by atoms with E-state index in [0.29, 0.717) is 44.9 Å². The van der Waals surface area contributed by atoms with Crippen LogP contribution in [0.5, 0.6) is 0 Å². The summed E-state index contributed by atoms with van der Waals surface area (Å²) in [6.45, 7) is 1.72. The Balaban J connectivity index is 1.95. The molecule has 1 heterocycles. The first-order valence-electron chi connectivity index (χ1n) is 10.2. The molecule has 8 nitrogen and oxygen atoms in total. The van der Waals surface area contributed by atoms with Gasteiger partial charge in [0.1, 0.15) is 0 Å². The van der Waals surface area contributed by atoms with Gasteiger partial charge in [0.05, 0.1) is 18.0 Å². The van der Waals surface area contributed by atoms with Gasteiger partial charge in [0.25, 0.3) is 0 Å². The maximum absolute atomic E-state index is 13.1. The molecule has 1 unspecified atom stereocenters. The fourth-order valence-electron chi connectivity index (χ4n) is 3.45. The molecular formula is C20H26ClF3N4O4. The van der Waals surface area contributed by atoms with Gasteiger partial charge in [-0.25, -0.2) is 9.59 Å². The number of hydrogen-bond donors (Lipinski definition) is 3. The number of rotatable bonds is 11. The highest BCUT2D eigenvalue weighted by atomic mass is 35.5. The summed E-state index contributed by atoms with van der Waals surface area (Å²) in [6, 6.07) is 2.67. The minimum absolute atomic E-state index is 0.129. The number of carboxylic acids is 1. The molecule has 1 aromatic rings. The van der Waals surface area contributed by atoms with Gasteiger partial charge < -0.3 is 25.5 Å². The third-order valence-electron chi connectivity index (χ3n) is 4.99. The van der Waals surface area contributed by atoms with Gasteiger partial charge in [-0.1, -0.05) is 12.1 Å². The topological polar surface area (TPSA) is 102 Å². The van der Waals surface area contributed by atoms with E-state index in [1.807, 2.05) is 0 Å². The minimum Gasteiger partial charge on any atom is -0.481 e. The number of amides is 4. The summed E-state index contributed by atoms with van der Waals surface area (Å²) >= 11 is 5.48. The predicted octanol–water partition coefficient (Wildman–Crippen LogP) is 3.28. The average molecular weight is 479 g/mol. The highest BCUT2D eigenvalue weighted by molar-refractivity contribution is 6.18. The zero-order chi connectivity index (χ0) is 23.7. The average Bonchev–Trinajstić information content (AvgIpc) is 3.09. The van der Waals surface area contributed by atoms with Crippen LogP contribution in [-0.2, 0) is 11.0 Å². The number of hydrogen-bond acceptors (Lipinski definition) is 3. The Morgan fingerprint density at radius 1 is 1.16 bits per heavy atom. The molecule has 1 aliphatic rings. The molecular weight excluding hydrogens is 453 g/mol. The molecule has 0 aliphatic carbocycles. The van der Waals surface area contributed by atoms with Crippen LogP contribution in [0.2, 0.25) is 0 Å². The molecule has 178 valence electrons. The zero-order valence-electron chi connectivity index (χ0n) is 17.3. The molecule has 4 amide bonds. The maximum atomic E-state index is 13.1. The van der Waals surface area contributed by atoms with E-state index in [4.69, 9.17) is 11.6 Å². The van der Waals surface area contributed by atoms with Crippen LogP contribution < -0.4 is 10.6 Å². The third-order valence-corrected chi connectivity index (χ3v) is 5.18. The molecule has 2 rings (SSSR count). The Labute approximate surface area is 188 Å². The zero-order valence-corrected chi connectivity index (χ0v) is 18.1. The van der Waals surface area contributed by atoms with E-state index in [-0.39, 0.29) is 18.1 Å². The molecule has 12 heteroatoms. The quantitative estimate of drug-likeness (QED) is 0.335. The number of carbonyl (C=O) groups excluding carboxylic acids is 2. The highest BCUT2D eigenvalue weighted by Crippen LogP contribution is 2.34. The first-order valence-corrected chi connectivity index (χ1v) is 10.7. The lowest BCUT2D eigenvalue weighted by molar-refractivity contribution is -0.138. The van der Waals surface area contributed by atoms with Crippen molar-refractivity contribution in [2.45, 2.75) is 31.5 Å². The number of unbranched alkanes of at least 4 members (excludes halogenated alkanes) is 1. The SMILES string of the molecule is O=C(O)CC(c1cccc(C(F)(F)F)c1)N1CCN(CCCCNC(=O)NCCCl)C1=O. The molecule has 0 bridgehead atoms. The first kappa shape index (κ1) is 25.6. The highest BCUT2D eigenvalue weighted by Gasteiger charge is 2.37. The number of alkyl halides is 4. The third kappa shape index (κ3) is 7.47. The second-order valence-electron chi connectivity index (χ2n) is 7.28. The lowest BCUT2D eigenvalue weighted by Crippen LogP contribution is -2.37. The molecule has 1 fully saturated rings. The Kier molecular flexibility index (Phi) is 9.42. The number of urea groups is 2. The van der Waals surface area contributed by atoms with E-state index in [2.05, 4.69) is 10.6 Å². The number of nitrogens with zero attached hydrogens (tertiary/aromatic N) is 2. The van der Waals surface area contributed by atoms with Crippen molar-refractivity contribution in [2.75, 3.05) is 38.6 Å². The lowest BCUT2D eigenvalue weighted by Gasteiger charge is -2.28. The fraction of sp³-hybridized carbons (Fsp3) is 0.550. The summed E-state index contributed by atoms with van der Waals surface area (Å²) in [6.07, 6.45) is -3.85. The van der Waals surface area contributed by atoms with Crippen molar-refractivity contribution in [3.8, 4) is 0 Å². The Morgan fingerprint density at radius 2 is 1.88 bits per heavy atom. The van der Waals surface area contributed by atoms with E-state index in [9.17, 15) is 32.7 Å². The van der Waals surface area contributed by atoms with Crippen LogP contribution in [0.25, 0.3) is 0 Å². The summed E-state index contributed by atoms with van der Waals surface area (Å²) in [7, 11) is 0. The summed E-state index contributed by atoms with van der Waals surface area (Å²) < 4.78 is 39.2. The van der Waals surface area contributed by atoms with Crippen molar-refractivity contribution in [2.24, 2.45) is 0 Å². The van der Waals surface area contributed by atoms with Gasteiger partial charge in [0.15, 0.2) is 0 Å². The van der Waals surface area contributed by atoms with E-state index in [0.717, 1.165) is 12.1 Å². The minimum atomic E-state index is -4.57. The van der Waals surface area contributed by atoms with Crippen molar-refractivity contribution in [3.05, 3.63) is 35.4 Å². The Morgan fingerprint density at radius 3 is 2.53 bits per heavy atom.